The van der Waals surface area contributed by atoms with Gasteiger partial charge in [-0.25, -0.2) is 4.79 Å². The molecule has 0 aliphatic carbocycles. The molecule has 5 rings (SSSR count). The number of anilines is 1. The molecule has 1 fully saturated rings. The molecule has 0 unspecified atom stereocenters. The molecular formula is C21H20N6O4. The van der Waals surface area contributed by atoms with E-state index in [9.17, 15) is 19.2 Å². The van der Waals surface area contributed by atoms with Gasteiger partial charge in [-0.2, -0.15) is 5.10 Å². The summed E-state index contributed by atoms with van der Waals surface area (Å²) < 4.78 is 1.63. The highest BCUT2D eigenvalue weighted by Crippen LogP contribution is 2.54. The van der Waals surface area contributed by atoms with Crippen molar-refractivity contribution in [1.29, 1.82) is 0 Å². The van der Waals surface area contributed by atoms with E-state index in [4.69, 9.17) is 0 Å². The molecule has 0 radical (unpaired) electrons. The third-order valence-corrected chi connectivity index (χ3v) is 6.19. The predicted molar refractivity (Wildman–Crippen MR) is 110 cm³/mol. The lowest BCUT2D eigenvalue weighted by Gasteiger charge is -2.33. The minimum atomic E-state index is -0.938. The molecule has 2 amide bonds. The fourth-order valence-corrected chi connectivity index (χ4v) is 4.83. The van der Waals surface area contributed by atoms with Gasteiger partial charge in [0, 0.05) is 42.8 Å². The van der Waals surface area contributed by atoms with Gasteiger partial charge in [0.05, 0.1) is 18.7 Å². The highest BCUT2D eigenvalue weighted by molar-refractivity contribution is 6.07. The molecular weight excluding hydrogens is 400 g/mol. The molecule has 2 atom stereocenters. The van der Waals surface area contributed by atoms with Gasteiger partial charge in [-0.05, 0) is 18.1 Å². The molecule has 0 saturated carbocycles. The van der Waals surface area contributed by atoms with Crippen LogP contribution in [0.5, 0.6) is 0 Å². The second-order valence-corrected chi connectivity index (χ2v) is 7.93. The van der Waals surface area contributed by atoms with Crippen LogP contribution in [0.3, 0.4) is 0 Å². The highest BCUT2D eigenvalue weighted by Gasteiger charge is 2.59. The molecule has 10 nitrogen and oxygen atoms in total. The number of aromatic amines is 2. The lowest BCUT2D eigenvalue weighted by molar-refractivity contribution is -0.132. The Morgan fingerprint density at radius 1 is 1.26 bits per heavy atom. The summed E-state index contributed by atoms with van der Waals surface area (Å²) in [7, 11) is 1.78. The summed E-state index contributed by atoms with van der Waals surface area (Å²) in [6.45, 7) is 0.349. The van der Waals surface area contributed by atoms with Crippen molar-refractivity contribution in [3.05, 3.63) is 80.4 Å². The molecule has 2 aliphatic rings. The van der Waals surface area contributed by atoms with Gasteiger partial charge in [-0.15, -0.1) is 0 Å². The monoisotopic (exact) mass is 420 g/mol. The maximum atomic E-state index is 13.3. The van der Waals surface area contributed by atoms with Crippen molar-refractivity contribution in [3.8, 4) is 0 Å². The number of rotatable bonds is 3. The van der Waals surface area contributed by atoms with Crippen LogP contribution in [-0.4, -0.2) is 43.0 Å². The number of aryl methyl sites for hydroxylation is 1. The number of benzene rings is 1. The lowest BCUT2D eigenvalue weighted by Crippen LogP contribution is -2.43. The Balaban J connectivity index is 1.59. The summed E-state index contributed by atoms with van der Waals surface area (Å²) in [5.74, 6) is -0.458. The predicted octanol–water partition coefficient (Wildman–Crippen LogP) is 0.203. The molecule has 1 aromatic carbocycles. The topological polar surface area (TPSA) is 133 Å². The molecule has 2 aromatic heterocycles. The van der Waals surface area contributed by atoms with Crippen LogP contribution in [-0.2, 0) is 28.5 Å². The minimum Gasteiger partial charge on any atom is -0.334 e. The van der Waals surface area contributed by atoms with Crippen molar-refractivity contribution in [1.82, 2.24) is 24.6 Å². The lowest BCUT2D eigenvalue weighted by atomic mass is 9.73. The maximum Gasteiger partial charge on any atom is 0.325 e. The smallest absolute Gasteiger partial charge is 0.325 e. The number of nitrogens with zero attached hydrogens (tertiary/aromatic N) is 3. The van der Waals surface area contributed by atoms with Crippen LogP contribution in [0.25, 0.3) is 0 Å². The maximum absolute atomic E-state index is 13.3. The van der Waals surface area contributed by atoms with Crippen LogP contribution in [0, 0.1) is 0 Å². The average molecular weight is 420 g/mol. The average Bonchev–Trinajstić information content (AvgIpc) is 3.41. The number of H-pyrrole nitrogens is 2. The van der Waals surface area contributed by atoms with E-state index < -0.39 is 22.7 Å². The van der Waals surface area contributed by atoms with Gasteiger partial charge in [0.1, 0.15) is 5.41 Å². The van der Waals surface area contributed by atoms with Crippen LogP contribution < -0.4 is 16.6 Å². The van der Waals surface area contributed by atoms with E-state index in [1.165, 1.54) is 6.20 Å². The first-order chi connectivity index (χ1) is 14.9. The molecule has 31 heavy (non-hydrogen) atoms. The molecule has 3 N–H and O–H groups in total. The molecule has 1 saturated heterocycles. The van der Waals surface area contributed by atoms with Gasteiger partial charge < -0.3 is 15.2 Å². The number of carbonyl (C=O) groups is 2. The van der Waals surface area contributed by atoms with Crippen molar-refractivity contribution >= 4 is 17.5 Å². The van der Waals surface area contributed by atoms with Gasteiger partial charge in [0.25, 0.3) is 5.56 Å². The third-order valence-electron chi connectivity index (χ3n) is 6.19. The van der Waals surface area contributed by atoms with Gasteiger partial charge in [-0.3, -0.25) is 24.0 Å². The number of hydrogen-bond acceptors (Lipinski definition) is 5. The van der Waals surface area contributed by atoms with Gasteiger partial charge in [0.2, 0.25) is 11.8 Å². The highest BCUT2D eigenvalue weighted by atomic mass is 16.2. The number of nitrogens with one attached hydrogen (secondary N) is 3. The summed E-state index contributed by atoms with van der Waals surface area (Å²) in [6.07, 6.45) is 4.98. The minimum absolute atomic E-state index is 0.153. The van der Waals surface area contributed by atoms with E-state index in [1.54, 1.807) is 29.0 Å². The van der Waals surface area contributed by atoms with Crippen LogP contribution in [0.15, 0.2) is 52.4 Å². The first kappa shape index (κ1) is 19.0. The zero-order valence-corrected chi connectivity index (χ0v) is 16.7. The van der Waals surface area contributed by atoms with Crippen molar-refractivity contribution in [2.75, 3.05) is 11.9 Å². The first-order valence-corrected chi connectivity index (χ1v) is 9.90. The molecule has 158 valence electrons. The summed E-state index contributed by atoms with van der Waals surface area (Å²) in [5.41, 5.74) is 0.329. The third kappa shape index (κ3) is 2.82. The fraction of sp³-hybridized carbons (Fsp3) is 0.286. The quantitative estimate of drug-likeness (QED) is 0.557. The van der Waals surface area contributed by atoms with E-state index in [0.29, 0.717) is 13.0 Å². The molecule has 4 heterocycles. The van der Waals surface area contributed by atoms with Crippen LogP contribution in [0.2, 0.25) is 0 Å². The number of para-hydroxylation sites is 1. The molecule has 0 bridgehead atoms. The molecule has 1 spiro atoms. The van der Waals surface area contributed by atoms with Gasteiger partial charge in [-0.1, -0.05) is 18.2 Å². The summed E-state index contributed by atoms with van der Waals surface area (Å²) in [6, 6.07) is 6.94. The van der Waals surface area contributed by atoms with E-state index >= 15 is 0 Å². The van der Waals surface area contributed by atoms with Crippen LogP contribution in [0.1, 0.15) is 29.2 Å². The fourth-order valence-electron chi connectivity index (χ4n) is 4.83. The normalized spacial score (nSPS) is 22.0. The Morgan fingerprint density at radius 3 is 2.81 bits per heavy atom. The zero-order chi connectivity index (χ0) is 21.8. The Kier molecular flexibility index (Phi) is 4.17. The second kappa shape index (κ2) is 6.79. The first-order valence-electron chi connectivity index (χ1n) is 9.90. The molecule has 10 heteroatoms. The Labute approximate surface area is 175 Å². The summed E-state index contributed by atoms with van der Waals surface area (Å²) >= 11 is 0. The second-order valence-electron chi connectivity index (χ2n) is 7.93. The number of amides is 2. The van der Waals surface area contributed by atoms with Crippen molar-refractivity contribution < 1.29 is 9.59 Å². The number of likely N-dealkylation sites (tertiary alicyclic amines) is 1. The van der Waals surface area contributed by atoms with Crippen LogP contribution >= 0.6 is 0 Å². The Morgan fingerprint density at radius 2 is 2.06 bits per heavy atom. The van der Waals surface area contributed by atoms with E-state index in [2.05, 4.69) is 20.4 Å². The number of aromatic nitrogens is 4. The number of fused-ring (bicyclic) bond motifs is 2. The number of carbonyl (C=O) groups excluding carboxylic acids is 2. The van der Waals surface area contributed by atoms with Crippen LogP contribution in [0.4, 0.5) is 5.69 Å². The summed E-state index contributed by atoms with van der Waals surface area (Å²) in [4.78, 5) is 56.2. The number of hydrogen-bond donors (Lipinski definition) is 3. The largest absolute Gasteiger partial charge is 0.334 e. The van der Waals surface area contributed by atoms with E-state index in [-0.39, 0.29) is 23.8 Å². The molecule has 3 aromatic rings. The summed E-state index contributed by atoms with van der Waals surface area (Å²) in [5, 5.41) is 7.21. The van der Waals surface area contributed by atoms with E-state index in [1.807, 2.05) is 24.3 Å². The SMILES string of the molecule is Cn1cc([C@@H]2N(C(=O)Cc3c[nH]c(=O)[nH]c3=O)CC[C@]23C(=O)Nc2ccccc23)cn1. The van der Waals surface area contributed by atoms with E-state index in [0.717, 1.165) is 16.8 Å². The van der Waals surface area contributed by atoms with Crippen molar-refractivity contribution in [2.45, 2.75) is 24.3 Å². The molecule has 2 aliphatic heterocycles. The van der Waals surface area contributed by atoms with Gasteiger partial charge in [0.15, 0.2) is 0 Å². The van der Waals surface area contributed by atoms with Gasteiger partial charge >= 0.3 is 5.69 Å². The Bertz CT molecular complexity index is 1320. The van der Waals surface area contributed by atoms with Crippen molar-refractivity contribution in [3.63, 3.8) is 0 Å². The standard InChI is InChI=1S/C21H20N6O4/c1-26-11-13(10-23-26)17-21(14-4-2-3-5-15(14)24-19(21)30)6-7-27(17)16(28)8-12-9-22-20(31)25-18(12)29/h2-5,9-11,17H,6-8H2,1H3,(H,24,30)(H2,22,25,29,31)/t17-,21+/m0/s1. The van der Waals surface area contributed by atoms with Crippen molar-refractivity contribution in [2.24, 2.45) is 7.05 Å². The zero-order valence-electron chi connectivity index (χ0n) is 16.7. The Hall–Kier alpha value is -3.95.